The van der Waals surface area contributed by atoms with Gasteiger partial charge in [-0.05, 0) is 91.9 Å². The summed E-state index contributed by atoms with van der Waals surface area (Å²) in [6.07, 6.45) is 7.34. The van der Waals surface area contributed by atoms with E-state index in [9.17, 15) is 0 Å². The lowest BCUT2D eigenvalue weighted by Crippen LogP contribution is -2.33. The van der Waals surface area contributed by atoms with Crippen LogP contribution in [0.4, 0.5) is 0 Å². The Kier molecular flexibility index (Phi) is 12.3. The second-order valence-corrected chi connectivity index (χ2v) is 10.4. The molecule has 0 unspecified atom stereocenters. The summed E-state index contributed by atoms with van der Waals surface area (Å²) >= 11 is 0. The lowest BCUT2D eigenvalue weighted by Gasteiger charge is -2.32. The predicted octanol–water partition coefficient (Wildman–Crippen LogP) is 7.20. The lowest BCUT2D eigenvalue weighted by atomic mass is 9.92. The van der Waals surface area contributed by atoms with Crippen molar-refractivity contribution in [3.8, 4) is 5.75 Å². The van der Waals surface area contributed by atoms with E-state index in [2.05, 4.69) is 88.7 Å². The van der Waals surface area contributed by atoms with Gasteiger partial charge >= 0.3 is 0 Å². The standard InChI is InChI=1S/C32H40N2O.2ClH/c1-3-8-28(9-4-1)25-33-19-15-27(16-20-33)12-7-23-35-32-14-13-30-17-21-34(22-18-31(30)24-32)26-29-10-5-2-6-11-29;;/h1-6,8-11,13-14,24,27H,7,12,15-23,25-26H2;2*1H. The third-order valence-electron chi connectivity index (χ3n) is 7.80. The van der Waals surface area contributed by atoms with Gasteiger partial charge < -0.3 is 4.74 Å². The van der Waals surface area contributed by atoms with E-state index in [0.717, 1.165) is 63.7 Å². The maximum atomic E-state index is 6.20. The fourth-order valence-corrected chi connectivity index (χ4v) is 5.67. The Morgan fingerprint density at radius 1 is 0.649 bits per heavy atom. The van der Waals surface area contributed by atoms with Crippen LogP contribution in [0, 0.1) is 5.92 Å². The van der Waals surface area contributed by atoms with E-state index < -0.39 is 0 Å². The van der Waals surface area contributed by atoms with Crippen molar-refractivity contribution in [3.05, 3.63) is 101 Å². The number of halogens is 2. The molecule has 1 fully saturated rings. The van der Waals surface area contributed by atoms with E-state index in [1.807, 2.05) is 0 Å². The minimum absolute atomic E-state index is 0. The van der Waals surface area contributed by atoms with Gasteiger partial charge in [0, 0.05) is 26.2 Å². The molecular formula is C32H42Cl2N2O. The van der Waals surface area contributed by atoms with E-state index in [1.54, 1.807) is 0 Å². The Morgan fingerprint density at radius 3 is 1.84 bits per heavy atom. The van der Waals surface area contributed by atoms with Crippen LogP contribution in [0.2, 0.25) is 0 Å². The molecular weight excluding hydrogens is 499 g/mol. The third kappa shape index (κ3) is 9.04. The Morgan fingerprint density at radius 2 is 1.22 bits per heavy atom. The summed E-state index contributed by atoms with van der Waals surface area (Å²) in [5.74, 6) is 1.91. The van der Waals surface area contributed by atoms with Gasteiger partial charge in [-0.3, -0.25) is 9.80 Å². The second kappa shape index (κ2) is 15.4. The molecule has 0 amide bonds. The van der Waals surface area contributed by atoms with Crippen molar-refractivity contribution < 1.29 is 4.74 Å². The molecule has 2 heterocycles. The Labute approximate surface area is 236 Å². The highest BCUT2D eigenvalue weighted by Gasteiger charge is 2.19. The number of benzene rings is 3. The SMILES string of the molecule is Cl.Cl.c1ccc(CN2CCc3ccc(OCCCC4CCN(Cc5ccccc5)CC4)cc3CC2)cc1. The number of likely N-dealkylation sites (tertiary alicyclic amines) is 1. The minimum Gasteiger partial charge on any atom is -0.494 e. The molecule has 0 spiro atoms. The molecule has 2 aliphatic rings. The monoisotopic (exact) mass is 540 g/mol. The van der Waals surface area contributed by atoms with Gasteiger partial charge in [0.2, 0.25) is 0 Å². The molecule has 3 aromatic rings. The van der Waals surface area contributed by atoms with Gasteiger partial charge in [-0.2, -0.15) is 0 Å². The number of hydrogen-bond donors (Lipinski definition) is 0. The van der Waals surface area contributed by atoms with E-state index in [-0.39, 0.29) is 24.8 Å². The molecule has 0 N–H and O–H groups in total. The molecule has 0 atom stereocenters. The van der Waals surface area contributed by atoms with E-state index in [1.165, 1.54) is 54.6 Å². The normalized spacial score (nSPS) is 16.6. The highest BCUT2D eigenvalue weighted by molar-refractivity contribution is 5.85. The summed E-state index contributed by atoms with van der Waals surface area (Å²) in [6.45, 7) is 7.69. The van der Waals surface area contributed by atoms with Crippen LogP contribution in [0.3, 0.4) is 0 Å². The molecule has 200 valence electrons. The van der Waals surface area contributed by atoms with Gasteiger partial charge in [0.15, 0.2) is 0 Å². The first-order valence-electron chi connectivity index (χ1n) is 13.6. The van der Waals surface area contributed by atoms with Gasteiger partial charge in [-0.15, -0.1) is 24.8 Å². The van der Waals surface area contributed by atoms with Crippen molar-refractivity contribution in [2.24, 2.45) is 5.92 Å². The fourth-order valence-electron chi connectivity index (χ4n) is 5.67. The van der Waals surface area contributed by atoms with Crippen LogP contribution < -0.4 is 4.74 Å². The maximum absolute atomic E-state index is 6.20. The zero-order valence-electron chi connectivity index (χ0n) is 21.9. The molecule has 5 rings (SSSR count). The maximum Gasteiger partial charge on any atom is 0.119 e. The molecule has 0 aromatic heterocycles. The summed E-state index contributed by atoms with van der Waals surface area (Å²) in [5, 5.41) is 0. The number of rotatable bonds is 9. The minimum atomic E-state index is 0. The molecule has 5 heteroatoms. The van der Waals surface area contributed by atoms with Gasteiger partial charge in [-0.25, -0.2) is 0 Å². The Bertz CT molecular complexity index is 1040. The summed E-state index contributed by atoms with van der Waals surface area (Å²) in [5.41, 5.74) is 5.81. The zero-order chi connectivity index (χ0) is 23.7. The Balaban J connectivity index is 0.00000190. The average Bonchev–Trinajstić information content (AvgIpc) is 3.11. The van der Waals surface area contributed by atoms with Crippen LogP contribution >= 0.6 is 24.8 Å². The van der Waals surface area contributed by atoms with Crippen molar-refractivity contribution in [2.45, 2.75) is 51.6 Å². The van der Waals surface area contributed by atoms with Gasteiger partial charge in [-0.1, -0.05) is 66.7 Å². The second-order valence-electron chi connectivity index (χ2n) is 10.4. The number of ether oxygens (including phenoxy) is 1. The van der Waals surface area contributed by atoms with Crippen LogP contribution in [0.15, 0.2) is 78.9 Å². The highest BCUT2D eigenvalue weighted by atomic mass is 35.5. The van der Waals surface area contributed by atoms with E-state index in [4.69, 9.17) is 4.74 Å². The summed E-state index contributed by atoms with van der Waals surface area (Å²) in [7, 11) is 0. The quantitative estimate of drug-likeness (QED) is 0.267. The number of hydrogen-bond acceptors (Lipinski definition) is 3. The zero-order valence-corrected chi connectivity index (χ0v) is 23.5. The molecule has 2 aliphatic heterocycles. The number of fused-ring (bicyclic) bond motifs is 1. The van der Waals surface area contributed by atoms with Crippen LogP contribution in [-0.2, 0) is 25.9 Å². The molecule has 0 radical (unpaired) electrons. The van der Waals surface area contributed by atoms with Gasteiger partial charge in [0.05, 0.1) is 6.61 Å². The number of piperidine rings is 1. The smallest absolute Gasteiger partial charge is 0.119 e. The van der Waals surface area contributed by atoms with Crippen molar-refractivity contribution in [1.29, 1.82) is 0 Å². The summed E-state index contributed by atoms with van der Waals surface area (Å²) in [4.78, 5) is 5.19. The van der Waals surface area contributed by atoms with Gasteiger partial charge in [0.25, 0.3) is 0 Å². The topological polar surface area (TPSA) is 15.7 Å². The van der Waals surface area contributed by atoms with Crippen molar-refractivity contribution in [3.63, 3.8) is 0 Å². The van der Waals surface area contributed by atoms with E-state index >= 15 is 0 Å². The molecule has 0 saturated carbocycles. The van der Waals surface area contributed by atoms with Crippen LogP contribution in [0.1, 0.15) is 47.9 Å². The third-order valence-corrected chi connectivity index (χ3v) is 7.80. The largest absolute Gasteiger partial charge is 0.494 e. The molecule has 0 aliphatic carbocycles. The summed E-state index contributed by atoms with van der Waals surface area (Å²) < 4.78 is 6.20. The number of nitrogens with zero attached hydrogens (tertiary/aromatic N) is 2. The molecule has 37 heavy (non-hydrogen) atoms. The first kappa shape index (κ1) is 29.5. The molecule has 3 aromatic carbocycles. The Hall–Kier alpha value is -2.04. The van der Waals surface area contributed by atoms with Crippen molar-refractivity contribution >= 4 is 24.8 Å². The summed E-state index contributed by atoms with van der Waals surface area (Å²) in [6, 6.07) is 28.5. The average molecular weight is 542 g/mol. The first-order chi connectivity index (χ1) is 17.3. The molecule has 0 bridgehead atoms. The van der Waals surface area contributed by atoms with Crippen LogP contribution in [-0.4, -0.2) is 42.6 Å². The van der Waals surface area contributed by atoms with Gasteiger partial charge in [0.1, 0.15) is 5.75 Å². The highest BCUT2D eigenvalue weighted by Crippen LogP contribution is 2.25. The first-order valence-corrected chi connectivity index (χ1v) is 13.6. The van der Waals surface area contributed by atoms with E-state index in [0.29, 0.717) is 0 Å². The molecule has 3 nitrogen and oxygen atoms in total. The molecule has 1 saturated heterocycles. The van der Waals surface area contributed by atoms with Crippen LogP contribution in [0.25, 0.3) is 0 Å². The lowest BCUT2D eigenvalue weighted by molar-refractivity contribution is 0.166. The van der Waals surface area contributed by atoms with Crippen LogP contribution in [0.5, 0.6) is 5.75 Å². The van der Waals surface area contributed by atoms with Crippen molar-refractivity contribution in [1.82, 2.24) is 9.80 Å². The fraction of sp³-hybridized carbons (Fsp3) is 0.438. The van der Waals surface area contributed by atoms with Crippen molar-refractivity contribution in [2.75, 3.05) is 32.8 Å². The predicted molar refractivity (Wildman–Crippen MR) is 159 cm³/mol.